The van der Waals surface area contributed by atoms with Crippen molar-refractivity contribution < 1.29 is 38.2 Å². The second kappa shape index (κ2) is 18.4. The molecule has 0 aliphatic carbocycles. The number of benzene rings is 3. The van der Waals surface area contributed by atoms with Gasteiger partial charge < -0.3 is 25.8 Å². The summed E-state index contributed by atoms with van der Waals surface area (Å²) >= 11 is 1.08. The fourth-order valence-electron chi connectivity index (χ4n) is 5.72. The molecule has 14 heteroatoms. The number of ether oxygens (including phenoxy) is 2. The van der Waals surface area contributed by atoms with Crippen molar-refractivity contribution in [3.05, 3.63) is 91.0 Å². The molecule has 1 heterocycles. The lowest BCUT2D eigenvalue weighted by atomic mass is 10.1. The molecule has 12 nitrogen and oxygen atoms in total. The molecule has 1 aliphatic rings. The summed E-state index contributed by atoms with van der Waals surface area (Å²) in [5, 5.41) is 7.63. The van der Waals surface area contributed by atoms with Gasteiger partial charge in [0.25, 0.3) is 0 Å². The average molecular weight is 722 g/mol. The maximum absolute atomic E-state index is 13.8. The number of nitrogens with one attached hydrogen (secondary N) is 2. The fourth-order valence-corrected chi connectivity index (χ4v) is 11.1. The SMILES string of the molecule is COC(=O)CNC(=O)[C@H](CSC1CC(=O)N(CC[P+](c2ccccc2)(c2ccccc2)c2ccccc2)C1=O)NC(=O)CC[C@H](N)C(=O)OC. The van der Waals surface area contributed by atoms with Crippen molar-refractivity contribution >= 4 is 70.5 Å². The highest BCUT2D eigenvalue weighted by atomic mass is 32.2. The van der Waals surface area contributed by atoms with Crippen LogP contribution in [0.5, 0.6) is 0 Å². The fraction of sp³-hybridized carbons (Fsp3) is 0.333. The van der Waals surface area contributed by atoms with E-state index in [1.165, 1.54) is 19.1 Å². The molecule has 0 spiro atoms. The molecule has 1 fully saturated rings. The van der Waals surface area contributed by atoms with Crippen LogP contribution in [0.3, 0.4) is 0 Å². The molecule has 3 aromatic rings. The van der Waals surface area contributed by atoms with Crippen LogP contribution in [0.25, 0.3) is 0 Å². The third-order valence-corrected chi connectivity index (χ3v) is 14.1. The number of carbonyl (C=O) groups is 6. The largest absolute Gasteiger partial charge is 0.468 e. The second-order valence-electron chi connectivity index (χ2n) is 11.5. The Balaban J connectivity index is 1.50. The van der Waals surface area contributed by atoms with Gasteiger partial charge in [-0.05, 0) is 42.8 Å². The number of amides is 4. The number of hydrogen-bond acceptors (Lipinski definition) is 10. The Kier molecular flexibility index (Phi) is 14.1. The van der Waals surface area contributed by atoms with E-state index in [0.29, 0.717) is 6.16 Å². The molecule has 1 unspecified atom stereocenters. The first-order valence-electron chi connectivity index (χ1n) is 16.1. The van der Waals surface area contributed by atoms with Crippen molar-refractivity contribution in [3.8, 4) is 0 Å². The number of carbonyl (C=O) groups excluding carboxylic acids is 6. The number of nitrogens with zero attached hydrogens (tertiary/aromatic N) is 1. The quantitative estimate of drug-likeness (QED) is 0.103. The summed E-state index contributed by atoms with van der Waals surface area (Å²) in [4.78, 5) is 77.5. The number of thioether (sulfide) groups is 1. The predicted molar refractivity (Wildman–Crippen MR) is 194 cm³/mol. The van der Waals surface area contributed by atoms with Crippen LogP contribution >= 0.6 is 19.0 Å². The zero-order chi connectivity index (χ0) is 36.1. The van der Waals surface area contributed by atoms with Gasteiger partial charge in [0, 0.05) is 18.6 Å². The molecule has 4 N–H and O–H groups in total. The zero-order valence-electron chi connectivity index (χ0n) is 28.0. The number of hydrogen-bond donors (Lipinski definition) is 3. The summed E-state index contributed by atoms with van der Waals surface area (Å²) in [7, 11) is 0.0519. The van der Waals surface area contributed by atoms with E-state index < -0.39 is 54.9 Å². The van der Waals surface area contributed by atoms with Gasteiger partial charge in [-0.2, -0.15) is 0 Å². The van der Waals surface area contributed by atoms with Crippen molar-refractivity contribution in [2.45, 2.75) is 36.6 Å². The van der Waals surface area contributed by atoms with Gasteiger partial charge in [0.15, 0.2) is 0 Å². The van der Waals surface area contributed by atoms with Crippen LogP contribution in [-0.4, -0.2) is 97.0 Å². The number of esters is 2. The van der Waals surface area contributed by atoms with Crippen LogP contribution in [0, 0.1) is 0 Å². The van der Waals surface area contributed by atoms with Gasteiger partial charge in [0.05, 0.1) is 32.2 Å². The van der Waals surface area contributed by atoms with E-state index in [0.717, 1.165) is 27.7 Å². The summed E-state index contributed by atoms with van der Waals surface area (Å²) in [5.74, 6) is -3.34. The number of likely N-dealkylation sites (tertiary alicyclic amines) is 1. The van der Waals surface area contributed by atoms with E-state index in [1.54, 1.807) is 0 Å². The Morgan fingerprint density at radius 1 is 0.880 bits per heavy atom. The highest BCUT2D eigenvalue weighted by molar-refractivity contribution is 8.00. The lowest BCUT2D eigenvalue weighted by molar-refractivity contribution is -0.142. The summed E-state index contributed by atoms with van der Waals surface area (Å²) < 4.78 is 9.17. The second-order valence-corrected chi connectivity index (χ2v) is 16.4. The molecular formula is C36H42N4O8PS+. The third-order valence-electron chi connectivity index (χ3n) is 8.39. The van der Waals surface area contributed by atoms with Crippen LogP contribution in [-0.2, 0) is 38.2 Å². The minimum absolute atomic E-state index is 0.0220. The normalized spacial score (nSPS) is 15.6. The van der Waals surface area contributed by atoms with Crippen LogP contribution in [0.4, 0.5) is 0 Å². The first kappa shape index (κ1) is 38.2. The van der Waals surface area contributed by atoms with Crippen LogP contribution in [0.2, 0.25) is 0 Å². The smallest absolute Gasteiger partial charge is 0.325 e. The highest BCUT2D eigenvalue weighted by Crippen LogP contribution is 2.55. The lowest BCUT2D eigenvalue weighted by Gasteiger charge is -2.29. The molecular weight excluding hydrogens is 679 g/mol. The van der Waals surface area contributed by atoms with Gasteiger partial charge in [-0.25, -0.2) is 0 Å². The molecule has 3 aromatic carbocycles. The third kappa shape index (κ3) is 9.56. The molecule has 1 aliphatic heterocycles. The minimum atomic E-state index is -2.31. The van der Waals surface area contributed by atoms with Crippen molar-refractivity contribution in [1.82, 2.24) is 15.5 Å². The van der Waals surface area contributed by atoms with Crippen LogP contribution in [0.1, 0.15) is 19.3 Å². The van der Waals surface area contributed by atoms with E-state index in [9.17, 15) is 28.8 Å². The first-order valence-corrected chi connectivity index (χ1v) is 19.1. The maximum Gasteiger partial charge on any atom is 0.325 e. The molecule has 0 bridgehead atoms. The molecule has 4 rings (SSSR count). The van der Waals surface area contributed by atoms with Crippen molar-refractivity contribution in [2.24, 2.45) is 5.73 Å². The van der Waals surface area contributed by atoms with Crippen molar-refractivity contribution in [3.63, 3.8) is 0 Å². The molecule has 264 valence electrons. The van der Waals surface area contributed by atoms with Crippen LogP contribution in [0.15, 0.2) is 91.0 Å². The van der Waals surface area contributed by atoms with E-state index in [4.69, 9.17) is 5.73 Å². The number of methoxy groups -OCH3 is 2. The highest BCUT2D eigenvalue weighted by Gasteiger charge is 2.48. The molecule has 0 saturated carbocycles. The van der Waals surface area contributed by atoms with E-state index >= 15 is 0 Å². The van der Waals surface area contributed by atoms with Gasteiger partial charge in [0.1, 0.15) is 41.8 Å². The zero-order valence-corrected chi connectivity index (χ0v) is 29.7. The van der Waals surface area contributed by atoms with Crippen LogP contribution < -0.4 is 32.3 Å². The van der Waals surface area contributed by atoms with E-state index in [-0.39, 0.29) is 43.4 Å². The van der Waals surface area contributed by atoms with Crippen molar-refractivity contribution in [1.29, 1.82) is 0 Å². The number of rotatable bonds is 17. The summed E-state index contributed by atoms with van der Waals surface area (Å²) in [6.45, 7) is -0.231. The Morgan fingerprint density at radius 3 is 1.92 bits per heavy atom. The number of nitrogens with two attached hydrogens (primary N) is 1. The Bertz CT molecular complexity index is 1550. The molecule has 0 radical (unpaired) electrons. The van der Waals surface area contributed by atoms with Gasteiger partial charge >= 0.3 is 11.9 Å². The molecule has 50 heavy (non-hydrogen) atoms. The van der Waals surface area contributed by atoms with Gasteiger partial charge in [-0.3, -0.25) is 33.7 Å². The molecule has 4 amide bonds. The van der Waals surface area contributed by atoms with Gasteiger partial charge in [0.2, 0.25) is 23.6 Å². The first-order chi connectivity index (χ1) is 24.1. The maximum atomic E-state index is 13.8. The summed E-state index contributed by atoms with van der Waals surface area (Å²) in [6, 6.07) is 28.3. The predicted octanol–water partition coefficient (Wildman–Crippen LogP) is 0.896. The Morgan fingerprint density at radius 2 is 1.42 bits per heavy atom. The topological polar surface area (TPSA) is 174 Å². The van der Waals surface area contributed by atoms with E-state index in [1.807, 2.05) is 54.6 Å². The lowest BCUT2D eigenvalue weighted by Crippen LogP contribution is -2.50. The summed E-state index contributed by atoms with van der Waals surface area (Å²) in [5.41, 5.74) is 5.73. The minimum Gasteiger partial charge on any atom is -0.468 e. The standard InChI is InChI=1S/C36H41N4O8PS/c1-47-33(43)23-38-34(44)29(39-31(41)19-18-28(37)36(46)48-2)24-50-30-22-32(42)40(35(30)45)20-21-49(25-12-6-3-7-13-25,26-14-8-4-9-15-26)27-16-10-5-11-17-27/h3-17,28-30H,18-24,37H2,1-2H3,(H-,38,39,41,44)/p+1/t28-,29-,30?/m0/s1. The Labute approximate surface area is 296 Å². The summed E-state index contributed by atoms with van der Waals surface area (Å²) in [6.07, 6.45) is 0.273. The van der Waals surface area contributed by atoms with Crippen molar-refractivity contribution in [2.75, 3.05) is 39.2 Å². The van der Waals surface area contributed by atoms with E-state index in [2.05, 4.69) is 56.5 Å². The Hall–Kier alpha value is -4.58. The average Bonchev–Trinajstić information content (AvgIpc) is 3.43. The van der Waals surface area contributed by atoms with Gasteiger partial charge in [-0.15, -0.1) is 11.8 Å². The number of imide groups is 1. The monoisotopic (exact) mass is 721 g/mol. The molecule has 0 aromatic heterocycles. The molecule has 1 saturated heterocycles. The van der Waals surface area contributed by atoms with Gasteiger partial charge in [-0.1, -0.05) is 54.6 Å². The molecule has 3 atom stereocenters.